The molecule has 11 heteroatoms. The van der Waals surface area contributed by atoms with Crippen LogP contribution >= 0.6 is 19.4 Å². The second kappa shape index (κ2) is 17.5. The van der Waals surface area contributed by atoms with Crippen molar-refractivity contribution < 1.29 is 27.7 Å². The Kier molecular flexibility index (Phi) is 13.1. The Morgan fingerprint density at radius 3 is 2.27 bits per heavy atom. The molecule has 2 aliphatic rings. The zero-order valence-electron chi connectivity index (χ0n) is 28.0. The predicted octanol–water partition coefficient (Wildman–Crippen LogP) is 8.77. The van der Waals surface area contributed by atoms with Gasteiger partial charge in [0, 0.05) is 40.0 Å². The van der Waals surface area contributed by atoms with Crippen molar-refractivity contribution in [2.24, 2.45) is 0 Å². The number of anilines is 1. The van der Waals surface area contributed by atoms with Gasteiger partial charge >= 0.3 is 7.82 Å². The van der Waals surface area contributed by atoms with Crippen molar-refractivity contribution in [3.63, 3.8) is 0 Å². The fourth-order valence-electron chi connectivity index (χ4n) is 6.56. The zero-order chi connectivity index (χ0) is 33.9. The van der Waals surface area contributed by atoms with E-state index in [1.165, 1.54) is 5.56 Å². The summed E-state index contributed by atoms with van der Waals surface area (Å²) in [6, 6.07) is 18.1. The lowest BCUT2D eigenvalue weighted by Gasteiger charge is -2.38. The Balaban J connectivity index is 1.16. The smallest absolute Gasteiger partial charge is 0.403 e. The van der Waals surface area contributed by atoms with Gasteiger partial charge in [0.1, 0.15) is 5.75 Å². The number of aryl methyl sites for hydroxylation is 1. The SMILES string of the molecule is CCOP(=O)(OCC)Oc1c(C2CCCCN2CCCCNC(=O)c2ccc(NC(=O)c3ccc(Cl)cc3)cc2)ccc2c1CCCC2. The molecule has 1 aliphatic heterocycles. The molecule has 1 heterocycles. The maximum atomic E-state index is 13.6. The lowest BCUT2D eigenvalue weighted by Crippen LogP contribution is -2.35. The molecular weight excluding hydrogens is 649 g/mol. The van der Waals surface area contributed by atoms with Gasteiger partial charge in [0.15, 0.2) is 0 Å². The summed E-state index contributed by atoms with van der Waals surface area (Å²) < 4.78 is 31.0. The van der Waals surface area contributed by atoms with Crippen molar-refractivity contribution in [1.82, 2.24) is 10.2 Å². The van der Waals surface area contributed by atoms with Crippen molar-refractivity contribution in [3.05, 3.63) is 93.5 Å². The highest BCUT2D eigenvalue weighted by Gasteiger charge is 2.34. The number of halogens is 1. The molecule has 3 aromatic rings. The van der Waals surface area contributed by atoms with Crippen LogP contribution in [-0.4, -0.2) is 49.6 Å². The van der Waals surface area contributed by atoms with E-state index in [0.717, 1.165) is 82.0 Å². The van der Waals surface area contributed by atoms with Crippen LogP contribution in [0.5, 0.6) is 5.75 Å². The predicted molar refractivity (Wildman–Crippen MR) is 190 cm³/mol. The third kappa shape index (κ3) is 9.48. The highest BCUT2D eigenvalue weighted by molar-refractivity contribution is 7.48. The number of carbonyl (C=O) groups is 2. The standard InChI is InChI=1S/C37H47ClN3O6P/c1-3-45-48(44,46-4-2)47-35-32-12-6-5-11-27(32)18-23-33(35)34-13-7-9-25-41(34)26-10-8-24-39-36(42)28-16-21-31(22-17-28)40-37(43)29-14-19-30(38)20-15-29/h14-23,34H,3-13,24-26H2,1-2H3,(H,39,42)(H,40,43). The number of hydrogen-bond donors (Lipinski definition) is 2. The number of hydrogen-bond acceptors (Lipinski definition) is 7. The number of likely N-dealkylation sites (tertiary alicyclic amines) is 1. The van der Waals surface area contributed by atoms with Crippen LogP contribution in [0.4, 0.5) is 5.69 Å². The van der Waals surface area contributed by atoms with Gasteiger partial charge in [-0.25, -0.2) is 4.57 Å². The van der Waals surface area contributed by atoms with Crippen LogP contribution in [0.3, 0.4) is 0 Å². The van der Waals surface area contributed by atoms with E-state index in [9.17, 15) is 14.2 Å². The van der Waals surface area contributed by atoms with Gasteiger partial charge in [-0.1, -0.05) is 30.2 Å². The van der Waals surface area contributed by atoms with E-state index in [-0.39, 0.29) is 31.1 Å². The van der Waals surface area contributed by atoms with Crippen molar-refractivity contribution in [2.45, 2.75) is 77.7 Å². The van der Waals surface area contributed by atoms with Crippen molar-refractivity contribution in [1.29, 1.82) is 0 Å². The average Bonchev–Trinajstić information content (AvgIpc) is 3.09. The largest absolute Gasteiger partial charge is 0.530 e. The molecule has 0 spiro atoms. The number of piperidine rings is 1. The van der Waals surface area contributed by atoms with Crippen LogP contribution < -0.4 is 15.2 Å². The minimum atomic E-state index is -3.76. The van der Waals surface area contributed by atoms with Gasteiger partial charge in [0.25, 0.3) is 11.8 Å². The lowest BCUT2D eigenvalue weighted by molar-refractivity contribution is 0.0950. The lowest BCUT2D eigenvalue weighted by atomic mass is 9.86. The summed E-state index contributed by atoms with van der Waals surface area (Å²) in [5, 5.41) is 6.43. The number of benzene rings is 3. The van der Waals surface area contributed by atoms with Gasteiger partial charge in [-0.2, -0.15) is 0 Å². The average molecular weight is 696 g/mol. The maximum Gasteiger partial charge on any atom is 0.530 e. The van der Waals surface area contributed by atoms with Gasteiger partial charge in [0.05, 0.1) is 13.2 Å². The van der Waals surface area contributed by atoms with E-state index in [4.69, 9.17) is 25.2 Å². The number of phosphoric acid groups is 1. The third-order valence-electron chi connectivity index (χ3n) is 8.93. The van der Waals surface area contributed by atoms with E-state index in [1.807, 2.05) is 0 Å². The molecule has 0 radical (unpaired) electrons. The maximum absolute atomic E-state index is 13.6. The fourth-order valence-corrected chi connectivity index (χ4v) is 7.94. The Morgan fingerprint density at radius 1 is 0.854 bits per heavy atom. The highest BCUT2D eigenvalue weighted by atomic mass is 35.5. The molecule has 1 atom stereocenters. The molecule has 3 aromatic carbocycles. The Morgan fingerprint density at radius 2 is 1.54 bits per heavy atom. The van der Waals surface area contributed by atoms with Crippen LogP contribution in [0.15, 0.2) is 60.7 Å². The van der Waals surface area contributed by atoms with E-state index < -0.39 is 7.82 Å². The molecule has 1 saturated heterocycles. The molecule has 0 bridgehead atoms. The van der Waals surface area contributed by atoms with E-state index in [0.29, 0.717) is 34.1 Å². The van der Waals surface area contributed by atoms with E-state index >= 15 is 0 Å². The van der Waals surface area contributed by atoms with Gasteiger partial charge in [-0.15, -0.1) is 0 Å². The van der Waals surface area contributed by atoms with Crippen LogP contribution in [-0.2, 0) is 26.5 Å². The number of unbranched alkanes of at least 4 members (excludes halogenated alkanes) is 1. The highest BCUT2D eigenvalue weighted by Crippen LogP contribution is 2.53. The van der Waals surface area contributed by atoms with E-state index in [2.05, 4.69) is 27.7 Å². The minimum absolute atomic E-state index is 0.144. The summed E-state index contributed by atoms with van der Waals surface area (Å²) in [5.41, 5.74) is 5.11. The molecule has 9 nitrogen and oxygen atoms in total. The number of nitrogens with zero attached hydrogens (tertiary/aromatic N) is 1. The quantitative estimate of drug-likeness (QED) is 0.121. The summed E-state index contributed by atoms with van der Waals surface area (Å²) in [7, 11) is -3.76. The molecule has 1 fully saturated rings. The Hall–Kier alpha value is -3.20. The first kappa shape index (κ1) is 36.1. The second-order valence-corrected chi connectivity index (χ2v) is 14.3. The summed E-state index contributed by atoms with van der Waals surface area (Å²) >= 11 is 5.91. The Bertz CT molecular complexity index is 1570. The molecule has 2 N–H and O–H groups in total. The third-order valence-corrected chi connectivity index (χ3v) is 10.7. The van der Waals surface area contributed by atoms with Gasteiger partial charge in [-0.3, -0.25) is 23.5 Å². The second-order valence-electron chi connectivity index (χ2n) is 12.3. The summed E-state index contributed by atoms with van der Waals surface area (Å²) in [6.07, 6.45) is 9.09. The fraction of sp³-hybridized carbons (Fsp3) is 0.459. The summed E-state index contributed by atoms with van der Waals surface area (Å²) in [6.45, 7) is 6.49. The first-order chi connectivity index (χ1) is 23.3. The van der Waals surface area contributed by atoms with Crippen molar-refractivity contribution >= 4 is 36.9 Å². The number of amides is 2. The summed E-state index contributed by atoms with van der Waals surface area (Å²) in [5.74, 6) is 0.300. The Labute approximate surface area is 289 Å². The number of fused-ring (bicyclic) bond motifs is 1. The number of phosphoric ester groups is 1. The molecule has 48 heavy (non-hydrogen) atoms. The molecule has 5 rings (SSSR count). The molecule has 1 unspecified atom stereocenters. The molecule has 258 valence electrons. The topological polar surface area (TPSA) is 106 Å². The van der Waals surface area contributed by atoms with Crippen LogP contribution in [0.25, 0.3) is 0 Å². The molecule has 1 aliphatic carbocycles. The molecule has 0 aromatic heterocycles. The van der Waals surface area contributed by atoms with Gasteiger partial charge in [0.2, 0.25) is 0 Å². The zero-order valence-corrected chi connectivity index (χ0v) is 29.6. The van der Waals surface area contributed by atoms with Crippen LogP contribution in [0, 0.1) is 0 Å². The number of carbonyl (C=O) groups excluding carboxylic acids is 2. The van der Waals surface area contributed by atoms with Crippen LogP contribution in [0.1, 0.15) is 102 Å². The first-order valence-corrected chi connectivity index (χ1v) is 19.1. The van der Waals surface area contributed by atoms with Crippen molar-refractivity contribution in [3.8, 4) is 5.75 Å². The minimum Gasteiger partial charge on any atom is -0.403 e. The number of rotatable bonds is 15. The monoisotopic (exact) mass is 695 g/mol. The normalized spacial score (nSPS) is 16.6. The van der Waals surface area contributed by atoms with E-state index in [1.54, 1.807) is 62.4 Å². The van der Waals surface area contributed by atoms with Crippen LogP contribution in [0.2, 0.25) is 5.02 Å². The van der Waals surface area contributed by atoms with Crippen molar-refractivity contribution in [2.75, 3.05) is 38.2 Å². The van der Waals surface area contributed by atoms with Gasteiger partial charge < -0.3 is 15.2 Å². The number of nitrogens with one attached hydrogen (secondary N) is 2. The summed E-state index contributed by atoms with van der Waals surface area (Å²) in [4.78, 5) is 27.8. The van der Waals surface area contributed by atoms with Gasteiger partial charge in [-0.05, 0) is 138 Å². The molecule has 2 amide bonds. The first-order valence-electron chi connectivity index (χ1n) is 17.2. The molecule has 0 saturated carbocycles. The molecular formula is C37H47ClN3O6P.